The Kier molecular flexibility index (Phi) is 6.77. The van der Waals surface area contributed by atoms with Gasteiger partial charge < -0.3 is 0 Å². The van der Waals surface area contributed by atoms with Gasteiger partial charge in [-0.3, -0.25) is 0 Å². The van der Waals surface area contributed by atoms with Crippen LogP contribution in [0.3, 0.4) is 0 Å². The number of hydrogen-bond acceptors (Lipinski definition) is 3. The number of pyridine rings is 1. The number of hydrogen-bond donors (Lipinski definition) is 1. The Balaban J connectivity index is 2.41. The topological polar surface area (TPSA) is 51.2 Å². The number of ether oxygens (including phenoxy) is 1. The average Bonchev–Trinajstić information content (AvgIpc) is 2.38. The van der Waals surface area contributed by atoms with Crippen LogP contribution in [0.5, 0.6) is 5.88 Å². The third-order valence-corrected chi connectivity index (χ3v) is 3.45. The van der Waals surface area contributed by atoms with E-state index in [0.717, 1.165) is 6.07 Å². The van der Waals surface area contributed by atoms with E-state index in [2.05, 4.69) is 9.32 Å². The summed E-state index contributed by atoms with van der Waals surface area (Å²) < 4.78 is 45.1. The van der Waals surface area contributed by atoms with Crippen LogP contribution in [0.4, 0.5) is 13.2 Å². The number of nitrogens with zero attached hydrogens (tertiary/aromatic N) is 1. The van der Waals surface area contributed by atoms with Crippen LogP contribution in [0.25, 0.3) is 0 Å². The zero-order valence-electron chi connectivity index (χ0n) is 11.3. The molecule has 21 heavy (non-hydrogen) atoms. The van der Waals surface area contributed by atoms with Gasteiger partial charge in [0.25, 0.3) is 0 Å². The van der Waals surface area contributed by atoms with E-state index < -0.39 is 11.7 Å². The second-order valence-electron chi connectivity index (χ2n) is 4.27. The molecule has 0 saturated carbocycles. The summed E-state index contributed by atoms with van der Waals surface area (Å²) in [6.45, 7) is 3.74. The summed E-state index contributed by atoms with van der Waals surface area (Å²) in [6, 6.07) is 0.768. The summed E-state index contributed by atoms with van der Waals surface area (Å²) in [4.78, 5) is 14.8. The zero-order valence-corrected chi connectivity index (χ0v) is 13.1. The summed E-state index contributed by atoms with van der Waals surface area (Å²) >= 11 is 6.09. The first-order chi connectivity index (χ1) is 9.71. The fraction of sp³-hybridized carbons (Fsp3) is 0.500. The molecule has 120 valence electrons. The molecule has 0 atom stereocenters. The van der Waals surface area contributed by atoms with Gasteiger partial charge in [-0.1, -0.05) is 0 Å². The maximum absolute atomic E-state index is 12.4. The van der Waals surface area contributed by atoms with E-state index in [4.69, 9.17) is 16.3 Å². The van der Waals surface area contributed by atoms with Crippen molar-refractivity contribution in [2.24, 2.45) is 5.92 Å². The van der Waals surface area contributed by atoms with Crippen LogP contribution in [-0.2, 0) is 26.1 Å². The molecule has 1 aromatic heterocycles. The number of carbonyl (C=O) groups is 1. The summed E-state index contributed by atoms with van der Waals surface area (Å²) in [5.41, 5.74) is -0.927. The molecule has 4 nitrogen and oxygen atoms in total. The zero-order chi connectivity index (χ0) is 16.0. The Morgan fingerprint density at radius 3 is 2.71 bits per heavy atom. The molecule has 0 saturated heterocycles. The van der Waals surface area contributed by atoms with Gasteiger partial charge in [-0.25, -0.2) is 0 Å². The Morgan fingerprint density at radius 1 is 1.52 bits per heavy atom. The van der Waals surface area contributed by atoms with Gasteiger partial charge in [0.15, 0.2) is 0 Å². The molecule has 0 unspecified atom stereocenters. The molecule has 0 aliphatic rings. The normalized spacial score (nSPS) is 11.8. The number of halogens is 4. The minimum atomic E-state index is -4.49. The molecule has 0 spiro atoms. The van der Waals surface area contributed by atoms with E-state index in [1.54, 1.807) is 13.8 Å². The maximum atomic E-state index is 12.4. The van der Waals surface area contributed by atoms with Crippen molar-refractivity contribution in [1.29, 1.82) is 0 Å². The third-order valence-electron chi connectivity index (χ3n) is 2.21. The molecule has 1 heterocycles. The van der Waals surface area contributed by atoms with Crippen LogP contribution in [0.1, 0.15) is 19.4 Å². The van der Waals surface area contributed by atoms with Crippen molar-refractivity contribution in [1.82, 2.24) is 9.32 Å². The average molecular weight is 367 g/mol. The Morgan fingerprint density at radius 2 is 2.19 bits per heavy atom. The Bertz CT molecular complexity index is 498. The molecule has 0 aromatic carbocycles. The molecule has 0 fully saturated rings. The first-order valence-corrected chi connectivity index (χ1v) is 7.63. The summed E-state index contributed by atoms with van der Waals surface area (Å²) in [7, 11) is 0. The van der Waals surface area contributed by atoms with Crippen molar-refractivity contribution >= 4 is 17.5 Å². The molecular weight excluding hydrogens is 352 g/mol. The van der Waals surface area contributed by atoms with Crippen LogP contribution in [0.2, 0.25) is 10.3 Å². The number of rotatable bonds is 6. The van der Waals surface area contributed by atoms with E-state index >= 15 is 0 Å². The van der Waals surface area contributed by atoms with Crippen LogP contribution >= 0.6 is 11.6 Å². The molecule has 0 aliphatic carbocycles. The van der Waals surface area contributed by atoms with E-state index in [-0.39, 0.29) is 29.3 Å². The fourth-order valence-electron chi connectivity index (χ4n) is 1.06. The molecule has 1 amide bonds. The second-order valence-corrected chi connectivity index (χ2v) is 5.89. The number of nitrogens with one attached hydrogen (secondary N) is 1. The van der Waals surface area contributed by atoms with Crippen molar-refractivity contribution in [3.63, 3.8) is 0 Å². The Labute approximate surface area is 131 Å². The van der Waals surface area contributed by atoms with E-state index in [0.29, 0.717) is 26.7 Å². The van der Waals surface area contributed by atoms with Crippen LogP contribution in [0.15, 0.2) is 12.3 Å². The fourth-order valence-corrected chi connectivity index (χ4v) is 2.16. The molecule has 0 aliphatic heterocycles. The molecule has 1 N–H and O–H groups in total. The van der Waals surface area contributed by atoms with Gasteiger partial charge in [-0.2, -0.15) is 0 Å². The predicted molar refractivity (Wildman–Crippen MR) is 67.5 cm³/mol. The SMILES string of the molecule is CC(C)C(=O)[NH][Fe][CH2]COc1ncc(C(F)(F)F)cc1Cl. The predicted octanol–water partition coefficient (Wildman–Crippen LogP) is 3.32. The summed E-state index contributed by atoms with van der Waals surface area (Å²) in [5.74, 6) is -0.225. The first kappa shape index (κ1) is 18.1. The van der Waals surface area contributed by atoms with Crippen molar-refractivity contribution in [3.05, 3.63) is 22.8 Å². The quantitative estimate of drug-likeness (QED) is 0.621. The van der Waals surface area contributed by atoms with E-state index in [1.165, 1.54) is 0 Å². The van der Waals surface area contributed by atoms with Crippen molar-refractivity contribution in [3.8, 4) is 5.88 Å². The molecule has 1 aromatic rings. The third kappa shape index (κ3) is 6.11. The monoisotopic (exact) mass is 366 g/mol. The Hall–Kier alpha value is -0.981. The van der Waals surface area contributed by atoms with E-state index in [1.807, 2.05) is 0 Å². The van der Waals surface area contributed by atoms with E-state index in [9.17, 15) is 18.0 Å². The number of alkyl halides is 3. The van der Waals surface area contributed by atoms with Gasteiger partial charge in [0.1, 0.15) is 0 Å². The van der Waals surface area contributed by atoms with Gasteiger partial charge in [0.05, 0.1) is 0 Å². The molecular formula is C12H14ClF3FeN2O2. The van der Waals surface area contributed by atoms with Gasteiger partial charge in [0, 0.05) is 0 Å². The molecule has 0 radical (unpaired) electrons. The molecule has 0 bridgehead atoms. The van der Waals surface area contributed by atoms with Gasteiger partial charge in [-0.15, -0.1) is 0 Å². The van der Waals surface area contributed by atoms with Crippen molar-refractivity contribution < 1.29 is 37.9 Å². The van der Waals surface area contributed by atoms with Crippen LogP contribution in [0, 0.1) is 5.92 Å². The summed E-state index contributed by atoms with van der Waals surface area (Å²) in [5, 5.41) is 0.299. The first-order valence-electron chi connectivity index (χ1n) is 5.92. The van der Waals surface area contributed by atoms with Crippen LogP contribution in [-0.4, -0.2) is 17.5 Å². The second kappa shape index (κ2) is 7.87. The standard InChI is InChI=1S/C8H6ClF3NO.C4H9NO.Fe/c1-2-14-7-6(9)3-5(4-13-7)8(10,11)12;1-3(2)4(5)6;/h3-4H,1-2H2;3H,1-2H3,(H2,5,6);/q;;+1/p-1. The minimum absolute atomic E-state index is 0.0557. The number of amides is 1. The summed E-state index contributed by atoms with van der Waals surface area (Å²) in [6.07, 6.45) is -3.82. The van der Waals surface area contributed by atoms with Crippen molar-refractivity contribution in [2.45, 2.75) is 25.3 Å². The number of carbonyl (C=O) groups excluding carboxylic acids is 1. The van der Waals surface area contributed by atoms with Gasteiger partial charge in [-0.05, 0) is 0 Å². The van der Waals surface area contributed by atoms with Crippen molar-refractivity contribution in [2.75, 3.05) is 6.61 Å². The van der Waals surface area contributed by atoms with Gasteiger partial charge in [0.2, 0.25) is 0 Å². The van der Waals surface area contributed by atoms with Gasteiger partial charge >= 0.3 is 131 Å². The number of aromatic nitrogens is 1. The van der Waals surface area contributed by atoms with Crippen LogP contribution < -0.4 is 9.07 Å². The molecule has 1 rings (SSSR count). The molecule has 9 heteroatoms.